The molecule has 0 radical (unpaired) electrons. The molecule has 6 nitrogen and oxygen atoms in total. The summed E-state index contributed by atoms with van der Waals surface area (Å²) in [5.74, 6) is 0.868. The predicted molar refractivity (Wildman–Crippen MR) is 85.8 cm³/mol. The number of sulfonamides is 1. The van der Waals surface area contributed by atoms with Gasteiger partial charge in [-0.2, -0.15) is 0 Å². The van der Waals surface area contributed by atoms with Crippen LogP contribution in [-0.4, -0.2) is 40.9 Å². The van der Waals surface area contributed by atoms with Crippen LogP contribution in [-0.2, 0) is 14.8 Å². The summed E-state index contributed by atoms with van der Waals surface area (Å²) in [4.78, 5) is 0.00739. The van der Waals surface area contributed by atoms with Crippen molar-refractivity contribution in [2.75, 3.05) is 26.4 Å². The molecule has 1 fully saturated rings. The molecule has 2 aliphatic heterocycles. The van der Waals surface area contributed by atoms with Crippen molar-refractivity contribution in [1.29, 1.82) is 0 Å². The van der Waals surface area contributed by atoms with Crippen molar-refractivity contribution in [2.24, 2.45) is 0 Å². The fraction of sp³-hybridized carbons (Fsp3) is 0.600. The van der Waals surface area contributed by atoms with Crippen molar-refractivity contribution >= 4 is 21.6 Å². The van der Waals surface area contributed by atoms with Crippen LogP contribution in [0.2, 0.25) is 5.02 Å². The lowest BCUT2D eigenvalue weighted by molar-refractivity contribution is 0.0123. The first kappa shape index (κ1) is 16.8. The molecular weight excluding hydrogens is 342 g/mol. The molecule has 2 aliphatic rings. The minimum atomic E-state index is -3.70. The third-order valence-electron chi connectivity index (χ3n) is 3.92. The molecule has 1 atom stereocenters. The van der Waals surface area contributed by atoms with Gasteiger partial charge in [-0.15, -0.1) is 0 Å². The molecule has 2 heterocycles. The minimum Gasteiger partial charge on any atom is -0.486 e. The summed E-state index contributed by atoms with van der Waals surface area (Å²) >= 11 is 6.09. The van der Waals surface area contributed by atoms with E-state index in [4.69, 9.17) is 25.8 Å². The zero-order valence-corrected chi connectivity index (χ0v) is 14.3. The second kappa shape index (κ2) is 7.25. The van der Waals surface area contributed by atoms with Gasteiger partial charge in [0.2, 0.25) is 10.0 Å². The van der Waals surface area contributed by atoms with Crippen LogP contribution in [0.4, 0.5) is 0 Å². The standard InChI is InChI=1S/C15H20ClNO5S/c16-12-9-13-14(22-8-7-21-13)10-15(12)23(18,19)17-5-4-11-3-1-2-6-20-11/h9-11,17H,1-8H2. The molecule has 0 amide bonds. The maximum atomic E-state index is 12.4. The van der Waals surface area contributed by atoms with Crippen molar-refractivity contribution in [2.45, 2.75) is 36.7 Å². The second-order valence-corrected chi connectivity index (χ2v) is 7.74. The third kappa shape index (κ3) is 4.09. The number of ether oxygens (including phenoxy) is 3. The Kier molecular flexibility index (Phi) is 5.31. The van der Waals surface area contributed by atoms with Crippen molar-refractivity contribution < 1.29 is 22.6 Å². The Hall–Kier alpha value is -1.02. The zero-order valence-electron chi connectivity index (χ0n) is 12.7. The summed E-state index contributed by atoms with van der Waals surface area (Å²) in [7, 11) is -3.70. The molecule has 0 saturated carbocycles. The van der Waals surface area contributed by atoms with E-state index in [1.54, 1.807) is 0 Å². The molecular formula is C15H20ClNO5S. The van der Waals surface area contributed by atoms with E-state index in [1.165, 1.54) is 12.1 Å². The van der Waals surface area contributed by atoms with E-state index in [9.17, 15) is 8.42 Å². The van der Waals surface area contributed by atoms with E-state index in [-0.39, 0.29) is 16.0 Å². The van der Waals surface area contributed by atoms with Crippen LogP contribution in [0.3, 0.4) is 0 Å². The highest BCUT2D eigenvalue weighted by Gasteiger charge is 2.23. The van der Waals surface area contributed by atoms with Crippen LogP contribution in [0.15, 0.2) is 17.0 Å². The topological polar surface area (TPSA) is 73.9 Å². The zero-order chi connectivity index (χ0) is 16.3. The molecule has 0 aromatic heterocycles. The first-order valence-electron chi connectivity index (χ1n) is 7.77. The largest absolute Gasteiger partial charge is 0.486 e. The van der Waals surface area contributed by atoms with E-state index >= 15 is 0 Å². The number of nitrogens with one attached hydrogen (secondary N) is 1. The molecule has 0 aliphatic carbocycles. The molecule has 8 heteroatoms. The van der Waals surface area contributed by atoms with Crippen LogP contribution in [0.5, 0.6) is 11.5 Å². The normalized spacial score (nSPS) is 21.2. The molecule has 1 unspecified atom stereocenters. The van der Waals surface area contributed by atoms with Gasteiger partial charge in [-0.1, -0.05) is 11.6 Å². The Morgan fingerprint density at radius 3 is 2.57 bits per heavy atom. The van der Waals surface area contributed by atoms with Crippen molar-refractivity contribution in [3.63, 3.8) is 0 Å². The van der Waals surface area contributed by atoms with Gasteiger partial charge in [0.05, 0.1) is 11.1 Å². The minimum absolute atomic E-state index is 0.00739. The van der Waals surface area contributed by atoms with E-state index in [1.807, 2.05) is 0 Å². The molecule has 128 valence electrons. The molecule has 3 rings (SSSR count). The van der Waals surface area contributed by atoms with Crippen LogP contribution in [0.1, 0.15) is 25.7 Å². The SMILES string of the molecule is O=S(=O)(NCCC1CCCCO1)c1cc2c(cc1Cl)OCCO2. The number of benzene rings is 1. The molecule has 1 aromatic rings. The van der Waals surface area contributed by atoms with Gasteiger partial charge in [0.1, 0.15) is 18.1 Å². The lowest BCUT2D eigenvalue weighted by Crippen LogP contribution is -2.29. The van der Waals surface area contributed by atoms with Gasteiger partial charge in [-0.25, -0.2) is 13.1 Å². The summed E-state index contributed by atoms with van der Waals surface area (Å²) in [5.41, 5.74) is 0. The first-order chi connectivity index (χ1) is 11.1. The average molecular weight is 362 g/mol. The molecule has 0 spiro atoms. The molecule has 0 bridgehead atoms. The van der Waals surface area contributed by atoms with Gasteiger partial charge in [0, 0.05) is 25.3 Å². The number of hydrogen-bond donors (Lipinski definition) is 1. The Balaban J connectivity index is 1.66. The van der Waals surface area contributed by atoms with Gasteiger partial charge >= 0.3 is 0 Å². The molecule has 1 saturated heterocycles. The lowest BCUT2D eigenvalue weighted by atomic mass is 10.1. The Labute approximate surface area is 141 Å². The van der Waals surface area contributed by atoms with E-state index in [0.29, 0.717) is 37.7 Å². The number of fused-ring (bicyclic) bond motifs is 1. The number of hydrogen-bond acceptors (Lipinski definition) is 5. The van der Waals surface area contributed by atoms with Crippen LogP contribution in [0.25, 0.3) is 0 Å². The Morgan fingerprint density at radius 2 is 1.87 bits per heavy atom. The summed E-state index contributed by atoms with van der Waals surface area (Å²) in [6.45, 7) is 1.89. The Bertz CT molecular complexity index is 658. The molecule has 23 heavy (non-hydrogen) atoms. The Morgan fingerprint density at radius 1 is 1.13 bits per heavy atom. The monoisotopic (exact) mass is 361 g/mol. The maximum absolute atomic E-state index is 12.4. The summed E-state index contributed by atoms with van der Waals surface area (Å²) < 4.78 is 43.9. The van der Waals surface area contributed by atoms with E-state index in [2.05, 4.69) is 4.72 Å². The van der Waals surface area contributed by atoms with Crippen LogP contribution in [0, 0.1) is 0 Å². The highest BCUT2D eigenvalue weighted by molar-refractivity contribution is 7.89. The number of halogens is 1. The van der Waals surface area contributed by atoms with Crippen molar-refractivity contribution in [1.82, 2.24) is 4.72 Å². The highest BCUT2D eigenvalue weighted by Crippen LogP contribution is 2.37. The van der Waals surface area contributed by atoms with Gasteiger partial charge in [0.25, 0.3) is 0 Å². The van der Waals surface area contributed by atoms with E-state index in [0.717, 1.165) is 25.9 Å². The average Bonchev–Trinajstić information content (AvgIpc) is 2.55. The molecule has 1 aromatic carbocycles. The first-order valence-corrected chi connectivity index (χ1v) is 9.63. The summed E-state index contributed by atoms with van der Waals surface area (Å²) in [5, 5.41) is 0.121. The van der Waals surface area contributed by atoms with Crippen LogP contribution < -0.4 is 14.2 Å². The fourth-order valence-corrected chi connectivity index (χ4v) is 4.30. The van der Waals surface area contributed by atoms with Gasteiger partial charge < -0.3 is 14.2 Å². The smallest absolute Gasteiger partial charge is 0.242 e. The number of rotatable bonds is 5. The van der Waals surface area contributed by atoms with Crippen molar-refractivity contribution in [3.8, 4) is 11.5 Å². The van der Waals surface area contributed by atoms with Crippen LogP contribution >= 0.6 is 11.6 Å². The second-order valence-electron chi connectivity index (χ2n) is 5.60. The summed E-state index contributed by atoms with van der Waals surface area (Å²) in [6.07, 6.45) is 3.97. The maximum Gasteiger partial charge on any atom is 0.242 e. The quantitative estimate of drug-likeness (QED) is 0.871. The lowest BCUT2D eigenvalue weighted by Gasteiger charge is -2.23. The van der Waals surface area contributed by atoms with Gasteiger partial charge in [0.15, 0.2) is 11.5 Å². The highest BCUT2D eigenvalue weighted by atomic mass is 35.5. The third-order valence-corrected chi connectivity index (χ3v) is 5.84. The molecule has 1 N–H and O–H groups in total. The van der Waals surface area contributed by atoms with Crippen molar-refractivity contribution in [3.05, 3.63) is 17.2 Å². The summed E-state index contributed by atoms with van der Waals surface area (Å²) in [6, 6.07) is 2.89. The predicted octanol–water partition coefficient (Wildman–Crippen LogP) is 2.35. The van der Waals surface area contributed by atoms with Gasteiger partial charge in [-0.05, 0) is 25.7 Å². The van der Waals surface area contributed by atoms with Gasteiger partial charge in [-0.3, -0.25) is 0 Å². The van der Waals surface area contributed by atoms with E-state index < -0.39 is 10.0 Å². The fourth-order valence-electron chi connectivity index (χ4n) is 2.72.